The summed E-state index contributed by atoms with van der Waals surface area (Å²) in [6.45, 7) is 7.23. The molecule has 0 bridgehead atoms. The summed E-state index contributed by atoms with van der Waals surface area (Å²) in [5.41, 5.74) is 2.43. The molecule has 3 nitrogen and oxygen atoms in total. The van der Waals surface area contributed by atoms with Crippen LogP contribution < -0.4 is 5.06 Å². The Morgan fingerprint density at radius 1 is 1.44 bits per heavy atom. The molecule has 3 heteroatoms. The van der Waals surface area contributed by atoms with E-state index in [1.54, 1.807) is 14.0 Å². The van der Waals surface area contributed by atoms with Crippen LogP contribution in [0.3, 0.4) is 0 Å². The predicted octanol–water partition coefficient (Wildman–Crippen LogP) is 2.72. The predicted molar refractivity (Wildman–Crippen MR) is 65.1 cm³/mol. The normalized spacial score (nSPS) is 9.69. The SMILES string of the molecule is C=C(C)C(=O)ON(C)c1ccccc1CC. The van der Waals surface area contributed by atoms with Gasteiger partial charge < -0.3 is 4.84 Å². The average Bonchev–Trinajstić information content (AvgIpc) is 2.28. The zero-order valence-corrected chi connectivity index (χ0v) is 9.99. The fourth-order valence-corrected chi connectivity index (χ4v) is 1.37. The summed E-state index contributed by atoms with van der Waals surface area (Å²) >= 11 is 0. The van der Waals surface area contributed by atoms with Crippen LogP contribution in [0, 0.1) is 0 Å². The Morgan fingerprint density at radius 2 is 2.06 bits per heavy atom. The van der Waals surface area contributed by atoms with Crippen molar-refractivity contribution < 1.29 is 9.63 Å². The Balaban J connectivity index is 2.84. The summed E-state index contributed by atoms with van der Waals surface area (Å²) in [6, 6.07) is 7.82. The Morgan fingerprint density at radius 3 is 2.62 bits per heavy atom. The number of hydrogen-bond acceptors (Lipinski definition) is 3. The molecule has 0 radical (unpaired) electrons. The molecule has 0 unspecified atom stereocenters. The lowest BCUT2D eigenvalue weighted by Crippen LogP contribution is -2.23. The Kier molecular flexibility index (Phi) is 4.11. The second-order valence-electron chi connectivity index (χ2n) is 3.64. The van der Waals surface area contributed by atoms with Gasteiger partial charge in [-0.15, -0.1) is 0 Å². The van der Waals surface area contributed by atoms with Crippen molar-refractivity contribution in [3.63, 3.8) is 0 Å². The maximum Gasteiger partial charge on any atom is 0.358 e. The molecule has 0 aliphatic rings. The zero-order valence-electron chi connectivity index (χ0n) is 9.99. The van der Waals surface area contributed by atoms with Crippen molar-refractivity contribution in [1.82, 2.24) is 0 Å². The van der Waals surface area contributed by atoms with Crippen molar-refractivity contribution >= 4 is 11.7 Å². The summed E-state index contributed by atoms with van der Waals surface area (Å²) in [5, 5.41) is 1.48. The number of carbonyl (C=O) groups is 1. The highest BCUT2D eigenvalue weighted by Gasteiger charge is 2.11. The van der Waals surface area contributed by atoms with Crippen molar-refractivity contribution in [2.24, 2.45) is 0 Å². The van der Waals surface area contributed by atoms with Crippen LogP contribution in [0.15, 0.2) is 36.4 Å². The lowest BCUT2D eigenvalue weighted by Gasteiger charge is -2.20. The fraction of sp³-hybridized carbons (Fsp3) is 0.308. The minimum atomic E-state index is -0.409. The molecule has 0 spiro atoms. The van der Waals surface area contributed by atoms with Crippen LogP contribution in [-0.4, -0.2) is 13.0 Å². The Bertz CT molecular complexity index is 399. The number of para-hydroxylation sites is 1. The molecule has 86 valence electrons. The van der Waals surface area contributed by atoms with E-state index in [0.717, 1.165) is 17.7 Å². The molecule has 1 aromatic rings. The molecule has 0 saturated carbocycles. The second kappa shape index (κ2) is 5.35. The van der Waals surface area contributed by atoms with Gasteiger partial charge in [0.25, 0.3) is 0 Å². The average molecular weight is 219 g/mol. The van der Waals surface area contributed by atoms with Crippen LogP contribution in [0.2, 0.25) is 0 Å². The van der Waals surface area contributed by atoms with Crippen LogP contribution in [0.5, 0.6) is 0 Å². The van der Waals surface area contributed by atoms with Gasteiger partial charge in [0.05, 0.1) is 5.69 Å². The fourth-order valence-electron chi connectivity index (χ4n) is 1.37. The highest BCUT2D eigenvalue weighted by molar-refractivity contribution is 5.87. The minimum Gasteiger partial charge on any atom is -0.336 e. The van der Waals surface area contributed by atoms with Gasteiger partial charge in [-0.3, -0.25) is 0 Å². The molecule has 0 heterocycles. The van der Waals surface area contributed by atoms with Gasteiger partial charge in [-0.1, -0.05) is 31.7 Å². The highest BCUT2D eigenvalue weighted by atomic mass is 16.7. The van der Waals surface area contributed by atoms with Gasteiger partial charge in [0, 0.05) is 12.6 Å². The standard InChI is InChI=1S/C13H17NO2/c1-5-11-8-6-7-9-12(11)14(4)16-13(15)10(2)3/h6-9H,2,5H2,1,3-4H3. The summed E-state index contributed by atoms with van der Waals surface area (Å²) in [7, 11) is 1.72. The van der Waals surface area contributed by atoms with Crippen LogP contribution in [0.1, 0.15) is 19.4 Å². The van der Waals surface area contributed by atoms with E-state index in [-0.39, 0.29) is 0 Å². The molecule has 16 heavy (non-hydrogen) atoms. The van der Waals surface area contributed by atoms with E-state index >= 15 is 0 Å². The smallest absolute Gasteiger partial charge is 0.336 e. The number of benzene rings is 1. The largest absolute Gasteiger partial charge is 0.358 e. The molecule has 0 aliphatic carbocycles. The van der Waals surface area contributed by atoms with Crippen LogP contribution in [-0.2, 0) is 16.1 Å². The molecule has 0 amide bonds. The van der Waals surface area contributed by atoms with Gasteiger partial charge in [0.15, 0.2) is 0 Å². The van der Waals surface area contributed by atoms with E-state index in [1.165, 1.54) is 5.06 Å². The first-order chi connectivity index (χ1) is 7.56. The number of rotatable bonds is 4. The van der Waals surface area contributed by atoms with Crippen molar-refractivity contribution in [2.45, 2.75) is 20.3 Å². The van der Waals surface area contributed by atoms with Crippen molar-refractivity contribution in [3.05, 3.63) is 42.0 Å². The first-order valence-corrected chi connectivity index (χ1v) is 5.25. The van der Waals surface area contributed by atoms with E-state index in [0.29, 0.717) is 5.57 Å². The number of hydrogen-bond donors (Lipinski definition) is 0. The quantitative estimate of drug-likeness (QED) is 0.576. The van der Waals surface area contributed by atoms with Gasteiger partial charge in [-0.25, -0.2) is 9.86 Å². The van der Waals surface area contributed by atoms with Gasteiger partial charge in [-0.2, -0.15) is 0 Å². The van der Waals surface area contributed by atoms with Gasteiger partial charge in [0.1, 0.15) is 0 Å². The summed E-state index contributed by atoms with van der Waals surface area (Å²) in [6.07, 6.45) is 0.894. The highest BCUT2D eigenvalue weighted by Crippen LogP contribution is 2.20. The maximum absolute atomic E-state index is 11.4. The third-order valence-electron chi connectivity index (χ3n) is 2.28. The molecular formula is C13H17NO2. The van der Waals surface area contributed by atoms with E-state index in [2.05, 4.69) is 13.5 Å². The van der Waals surface area contributed by atoms with Gasteiger partial charge in [-0.05, 0) is 25.0 Å². The lowest BCUT2D eigenvalue weighted by atomic mass is 10.1. The Hall–Kier alpha value is -1.77. The number of hydroxylamine groups is 1. The second-order valence-corrected chi connectivity index (χ2v) is 3.64. The third-order valence-corrected chi connectivity index (χ3v) is 2.28. The van der Waals surface area contributed by atoms with Crippen LogP contribution in [0.4, 0.5) is 5.69 Å². The lowest BCUT2D eigenvalue weighted by molar-refractivity contribution is -0.139. The summed E-state index contributed by atoms with van der Waals surface area (Å²) in [5.74, 6) is -0.409. The first-order valence-electron chi connectivity index (χ1n) is 5.25. The topological polar surface area (TPSA) is 29.5 Å². The Labute approximate surface area is 96.3 Å². The molecule has 0 saturated heterocycles. The van der Waals surface area contributed by atoms with E-state index < -0.39 is 5.97 Å². The van der Waals surface area contributed by atoms with Gasteiger partial charge in [0.2, 0.25) is 0 Å². The molecule has 0 N–H and O–H groups in total. The molecule has 1 rings (SSSR count). The monoisotopic (exact) mass is 219 g/mol. The van der Waals surface area contributed by atoms with Crippen molar-refractivity contribution in [2.75, 3.05) is 12.1 Å². The van der Waals surface area contributed by atoms with Crippen LogP contribution >= 0.6 is 0 Å². The number of nitrogens with zero attached hydrogens (tertiary/aromatic N) is 1. The summed E-state index contributed by atoms with van der Waals surface area (Å²) in [4.78, 5) is 16.5. The first kappa shape index (κ1) is 12.3. The number of aryl methyl sites for hydroxylation is 1. The molecule has 0 atom stereocenters. The van der Waals surface area contributed by atoms with E-state index in [1.807, 2.05) is 24.3 Å². The van der Waals surface area contributed by atoms with Crippen molar-refractivity contribution in [1.29, 1.82) is 0 Å². The van der Waals surface area contributed by atoms with Crippen LogP contribution in [0.25, 0.3) is 0 Å². The molecule has 0 aromatic heterocycles. The third kappa shape index (κ3) is 2.86. The van der Waals surface area contributed by atoms with E-state index in [4.69, 9.17) is 4.84 Å². The van der Waals surface area contributed by atoms with Crippen molar-refractivity contribution in [3.8, 4) is 0 Å². The van der Waals surface area contributed by atoms with Gasteiger partial charge >= 0.3 is 5.97 Å². The molecule has 1 aromatic carbocycles. The molecule has 0 aliphatic heterocycles. The molecular weight excluding hydrogens is 202 g/mol. The zero-order chi connectivity index (χ0) is 12.1. The molecule has 0 fully saturated rings. The summed E-state index contributed by atoms with van der Waals surface area (Å²) < 4.78 is 0. The number of carbonyl (C=O) groups excluding carboxylic acids is 1. The maximum atomic E-state index is 11.4. The number of anilines is 1. The minimum absolute atomic E-state index is 0.390. The van der Waals surface area contributed by atoms with E-state index in [9.17, 15) is 4.79 Å².